The summed E-state index contributed by atoms with van der Waals surface area (Å²) in [5.41, 5.74) is 4.26. The first kappa shape index (κ1) is 17.7. The summed E-state index contributed by atoms with van der Waals surface area (Å²) in [5.74, 6) is 0. The Morgan fingerprint density at radius 1 is 0.957 bits per heavy atom. The third kappa shape index (κ3) is 5.18. The first-order valence-electron chi connectivity index (χ1n) is 8.98. The molecule has 124 valence electrons. The summed E-state index contributed by atoms with van der Waals surface area (Å²) in [6, 6.07) is 12.3. The summed E-state index contributed by atoms with van der Waals surface area (Å²) >= 11 is 0. The molecule has 0 fully saturated rings. The first-order valence-corrected chi connectivity index (χ1v) is 8.98. The molecule has 1 heterocycles. The number of nitrogens with zero attached hydrogens (tertiary/aromatic N) is 1. The minimum absolute atomic E-state index is 0.425. The normalized spacial score (nSPS) is 12.3. The molecule has 0 aliphatic heterocycles. The van der Waals surface area contributed by atoms with Crippen LogP contribution in [0.2, 0.25) is 0 Å². The number of aromatic nitrogens is 1. The summed E-state index contributed by atoms with van der Waals surface area (Å²) in [6.45, 7) is 4.24. The average molecular weight is 311 g/mol. The molecule has 1 atom stereocenters. The van der Waals surface area contributed by atoms with Gasteiger partial charge in [0, 0.05) is 11.8 Å². The van der Waals surface area contributed by atoms with Gasteiger partial charge >= 0.3 is 0 Å². The number of aliphatic hydroxyl groups is 1. The van der Waals surface area contributed by atoms with Crippen molar-refractivity contribution in [3.63, 3.8) is 0 Å². The highest BCUT2D eigenvalue weighted by Crippen LogP contribution is 2.28. The molecule has 2 nitrogen and oxygen atoms in total. The van der Waals surface area contributed by atoms with Crippen molar-refractivity contribution in [1.82, 2.24) is 4.98 Å². The van der Waals surface area contributed by atoms with Crippen molar-refractivity contribution >= 4 is 0 Å². The summed E-state index contributed by atoms with van der Waals surface area (Å²) in [5, 5.41) is 10.2. The second-order valence-electron chi connectivity index (χ2n) is 6.23. The van der Waals surface area contributed by atoms with Crippen molar-refractivity contribution in [3.05, 3.63) is 53.7 Å². The molecule has 0 spiro atoms. The van der Waals surface area contributed by atoms with Gasteiger partial charge in [-0.05, 0) is 36.5 Å². The fourth-order valence-corrected chi connectivity index (χ4v) is 2.91. The smallest absolute Gasteiger partial charge is 0.0794 e. The summed E-state index contributed by atoms with van der Waals surface area (Å²) in [4.78, 5) is 4.63. The molecule has 0 amide bonds. The Labute approximate surface area is 140 Å². The highest BCUT2D eigenvalue weighted by atomic mass is 16.3. The number of hydrogen-bond donors (Lipinski definition) is 1. The zero-order valence-electron chi connectivity index (χ0n) is 14.5. The molecule has 1 aromatic carbocycles. The molecule has 0 bridgehead atoms. The van der Waals surface area contributed by atoms with Crippen LogP contribution in [-0.4, -0.2) is 10.1 Å². The van der Waals surface area contributed by atoms with Gasteiger partial charge in [0.25, 0.3) is 0 Å². The van der Waals surface area contributed by atoms with Crippen LogP contribution in [-0.2, 0) is 6.42 Å². The van der Waals surface area contributed by atoms with Crippen molar-refractivity contribution in [2.75, 3.05) is 0 Å². The van der Waals surface area contributed by atoms with Crippen LogP contribution < -0.4 is 0 Å². The van der Waals surface area contributed by atoms with Crippen molar-refractivity contribution in [2.24, 2.45) is 0 Å². The molecule has 0 aliphatic carbocycles. The summed E-state index contributed by atoms with van der Waals surface area (Å²) in [7, 11) is 0. The third-order valence-corrected chi connectivity index (χ3v) is 4.38. The minimum Gasteiger partial charge on any atom is -0.388 e. The van der Waals surface area contributed by atoms with Crippen LogP contribution >= 0.6 is 0 Å². The van der Waals surface area contributed by atoms with E-state index >= 15 is 0 Å². The third-order valence-electron chi connectivity index (χ3n) is 4.38. The monoisotopic (exact) mass is 311 g/mol. The SMILES string of the molecule is CCCCCCCc1ccc(-c2ccccc2C(O)CC)nc1. The lowest BCUT2D eigenvalue weighted by Gasteiger charge is -2.13. The predicted molar refractivity (Wildman–Crippen MR) is 97.4 cm³/mol. The van der Waals surface area contributed by atoms with Crippen LogP contribution in [0, 0.1) is 0 Å². The van der Waals surface area contributed by atoms with Gasteiger partial charge in [0.1, 0.15) is 0 Å². The maximum Gasteiger partial charge on any atom is 0.0794 e. The Morgan fingerprint density at radius 3 is 2.43 bits per heavy atom. The first-order chi connectivity index (χ1) is 11.3. The Balaban J connectivity index is 2.02. The molecule has 2 aromatic rings. The molecular weight excluding hydrogens is 282 g/mol. The van der Waals surface area contributed by atoms with Crippen molar-refractivity contribution in [1.29, 1.82) is 0 Å². The van der Waals surface area contributed by atoms with E-state index in [0.717, 1.165) is 23.2 Å². The van der Waals surface area contributed by atoms with Crippen molar-refractivity contribution < 1.29 is 5.11 Å². The number of aryl methyl sites for hydroxylation is 1. The zero-order chi connectivity index (χ0) is 16.5. The van der Waals surface area contributed by atoms with Gasteiger partial charge in [-0.1, -0.05) is 69.9 Å². The molecule has 23 heavy (non-hydrogen) atoms. The number of unbranched alkanes of at least 4 members (excludes halogenated alkanes) is 4. The molecule has 0 saturated heterocycles. The lowest BCUT2D eigenvalue weighted by molar-refractivity contribution is 0.174. The maximum absolute atomic E-state index is 10.2. The topological polar surface area (TPSA) is 33.1 Å². The van der Waals surface area contributed by atoms with Crippen molar-refractivity contribution in [2.45, 2.75) is 64.9 Å². The summed E-state index contributed by atoms with van der Waals surface area (Å²) in [6.07, 6.45) is 9.91. The van der Waals surface area contributed by atoms with Gasteiger partial charge in [-0.25, -0.2) is 0 Å². The summed E-state index contributed by atoms with van der Waals surface area (Å²) < 4.78 is 0. The van der Waals surface area contributed by atoms with Gasteiger partial charge in [0.2, 0.25) is 0 Å². The number of aliphatic hydroxyl groups excluding tert-OH is 1. The zero-order valence-corrected chi connectivity index (χ0v) is 14.5. The van der Waals surface area contributed by atoms with Crippen molar-refractivity contribution in [3.8, 4) is 11.3 Å². The van der Waals surface area contributed by atoms with Crippen LogP contribution in [0.1, 0.15) is 69.6 Å². The number of hydrogen-bond acceptors (Lipinski definition) is 2. The fraction of sp³-hybridized carbons (Fsp3) is 0.476. The van der Waals surface area contributed by atoms with E-state index in [1.807, 2.05) is 37.4 Å². The quantitative estimate of drug-likeness (QED) is 0.602. The number of benzene rings is 1. The van der Waals surface area contributed by atoms with Gasteiger partial charge in [0.15, 0.2) is 0 Å². The second kappa shape index (κ2) is 9.46. The van der Waals surface area contributed by atoms with Gasteiger partial charge in [0.05, 0.1) is 11.8 Å². The molecule has 1 unspecified atom stereocenters. The Morgan fingerprint density at radius 2 is 1.74 bits per heavy atom. The number of pyridine rings is 1. The largest absolute Gasteiger partial charge is 0.388 e. The van der Waals surface area contributed by atoms with E-state index in [1.54, 1.807) is 0 Å². The van der Waals surface area contributed by atoms with Gasteiger partial charge in [-0.15, -0.1) is 0 Å². The molecule has 1 N–H and O–H groups in total. The van der Waals surface area contributed by atoms with Crippen LogP contribution in [0.4, 0.5) is 0 Å². The van der Waals surface area contributed by atoms with E-state index in [4.69, 9.17) is 0 Å². The molecule has 2 heteroatoms. The lowest BCUT2D eigenvalue weighted by Crippen LogP contribution is -1.99. The van der Waals surface area contributed by atoms with Crippen LogP contribution in [0.25, 0.3) is 11.3 Å². The van der Waals surface area contributed by atoms with Crippen LogP contribution in [0.3, 0.4) is 0 Å². The fourth-order valence-electron chi connectivity index (χ4n) is 2.91. The second-order valence-corrected chi connectivity index (χ2v) is 6.23. The van der Waals surface area contributed by atoms with Crippen LogP contribution in [0.5, 0.6) is 0 Å². The molecule has 0 aliphatic rings. The predicted octanol–water partition coefficient (Wildman–Crippen LogP) is 5.70. The van der Waals surface area contributed by atoms with Gasteiger partial charge in [-0.3, -0.25) is 4.98 Å². The Bertz CT molecular complexity index is 577. The average Bonchev–Trinajstić information content (AvgIpc) is 2.61. The number of rotatable bonds is 9. The van der Waals surface area contributed by atoms with E-state index in [-0.39, 0.29) is 0 Å². The van der Waals surface area contributed by atoms with E-state index < -0.39 is 6.10 Å². The van der Waals surface area contributed by atoms with E-state index in [2.05, 4.69) is 24.0 Å². The molecule has 2 rings (SSSR count). The maximum atomic E-state index is 10.2. The molecule has 0 radical (unpaired) electrons. The standard InChI is InChI=1S/C21H29NO/c1-3-5-6-7-8-11-17-14-15-20(22-16-17)18-12-9-10-13-19(18)21(23)4-2/h9-10,12-16,21,23H,3-8,11H2,1-2H3. The Hall–Kier alpha value is -1.67. The molecular formula is C21H29NO. The van der Waals surface area contributed by atoms with Gasteiger partial charge in [-0.2, -0.15) is 0 Å². The minimum atomic E-state index is -0.425. The van der Waals surface area contributed by atoms with E-state index in [0.29, 0.717) is 6.42 Å². The van der Waals surface area contributed by atoms with E-state index in [9.17, 15) is 5.11 Å². The molecule has 1 aromatic heterocycles. The van der Waals surface area contributed by atoms with E-state index in [1.165, 1.54) is 37.7 Å². The highest BCUT2D eigenvalue weighted by Gasteiger charge is 2.12. The Kier molecular flexibility index (Phi) is 7.28. The molecule has 0 saturated carbocycles. The van der Waals surface area contributed by atoms with Gasteiger partial charge < -0.3 is 5.11 Å². The highest BCUT2D eigenvalue weighted by molar-refractivity contribution is 5.64. The van der Waals surface area contributed by atoms with Crippen LogP contribution in [0.15, 0.2) is 42.6 Å². The lowest BCUT2D eigenvalue weighted by atomic mass is 9.97.